The van der Waals surface area contributed by atoms with Crippen LogP contribution in [0.3, 0.4) is 0 Å². The van der Waals surface area contributed by atoms with Crippen molar-refractivity contribution in [1.29, 1.82) is 0 Å². The molecule has 1 aliphatic heterocycles. The molecule has 1 aliphatic rings. The van der Waals surface area contributed by atoms with Crippen molar-refractivity contribution in [2.24, 2.45) is 5.92 Å². The molecule has 6 nitrogen and oxygen atoms in total. The zero-order valence-corrected chi connectivity index (χ0v) is 13.3. The monoisotopic (exact) mass is 342 g/mol. The lowest BCUT2D eigenvalue weighted by atomic mass is 10.1. The number of anilines is 1. The molecule has 1 aromatic heterocycles. The van der Waals surface area contributed by atoms with Gasteiger partial charge < -0.3 is 10.2 Å². The maximum atomic E-state index is 10.8. The molecule has 1 atom stereocenters. The van der Waals surface area contributed by atoms with Crippen molar-refractivity contribution >= 4 is 27.4 Å². The Morgan fingerprint density at radius 1 is 1.65 bits per heavy atom. The smallest absolute Gasteiger partial charge is 0.291 e. The molecule has 1 saturated heterocycles. The molecule has 1 N–H and O–H groups in total. The van der Waals surface area contributed by atoms with Gasteiger partial charge in [0.25, 0.3) is 5.69 Å². The Bertz CT molecular complexity index is 509. The number of rotatable bonds is 5. The van der Waals surface area contributed by atoms with Gasteiger partial charge in [0.15, 0.2) is 0 Å². The molecular formula is C13H19BrN4O2. The van der Waals surface area contributed by atoms with E-state index in [1.54, 1.807) is 6.92 Å². The summed E-state index contributed by atoms with van der Waals surface area (Å²) in [5.41, 5.74) is 0.648. The summed E-state index contributed by atoms with van der Waals surface area (Å²) in [5, 5.41) is 14.1. The van der Waals surface area contributed by atoms with Gasteiger partial charge in [0, 0.05) is 18.7 Å². The molecule has 0 saturated carbocycles. The van der Waals surface area contributed by atoms with E-state index in [2.05, 4.69) is 38.1 Å². The molecule has 20 heavy (non-hydrogen) atoms. The van der Waals surface area contributed by atoms with Gasteiger partial charge in [-0.05, 0) is 48.3 Å². The maximum absolute atomic E-state index is 10.8. The van der Waals surface area contributed by atoms with Crippen LogP contribution in [0.4, 0.5) is 11.5 Å². The maximum Gasteiger partial charge on any atom is 0.291 e. The van der Waals surface area contributed by atoms with Gasteiger partial charge in [0.05, 0.1) is 9.40 Å². The van der Waals surface area contributed by atoms with Gasteiger partial charge in [-0.3, -0.25) is 10.1 Å². The summed E-state index contributed by atoms with van der Waals surface area (Å²) in [4.78, 5) is 17.0. The van der Waals surface area contributed by atoms with Crippen LogP contribution >= 0.6 is 15.9 Å². The minimum atomic E-state index is -0.410. The highest BCUT2D eigenvalue weighted by molar-refractivity contribution is 9.10. The van der Waals surface area contributed by atoms with Crippen LogP contribution in [0.2, 0.25) is 0 Å². The normalized spacial score (nSPS) is 19.2. The van der Waals surface area contributed by atoms with Crippen molar-refractivity contribution in [3.63, 3.8) is 0 Å². The predicted molar refractivity (Wildman–Crippen MR) is 82.0 cm³/mol. The highest BCUT2D eigenvalue weighted by Crippen LogP contribution is 2.30. The van der Waals surface area contributed by atoms with Crippen molar-refractivity contribution in [2.45, 2.75) is 20.3 Å². The van der Waals surface area contributed by atoms with Crippen LogP contribution in [0.1, 0.15) is 18.9 Å². The summed E-state index contributed by atoms with van der Waals surface area (Å²) in [7, 11) is 0. The minimum Gasteiger partial charge on any atom is -0.369 e. The number of hydrogen-bond donors (Lipinski definition) is 1. The number of pyridine rings is 1. The van der Waals surface area contributed by atoms with E-state index in [0.29, 0.717) is 21.8 Å². The molecule has 7 heteroatoms. The van der Waals surface area contributed by atoms with Gasteiger partial charge in [0.2, 0.25) is 0 Å². The van der Waals surface area contributed by atoms with Gasteiger partial charge in [-0.15, -0.1) is 0 Å². The summed E-state index contributed by atoms with van der Waals surface area (Å²) in [6, 6.07) is 0. The van der Waals surface area contributed by atoms with Crippen LogP contribution in [0.15, 0.2) is 10.7 Å². The molecule has 0 amide bonds. The molecule has 1 aromatic rings. The van der Waals surface area contributed by atoms with E-state index in [4.69, 9.17) is 0 Å². The van der Waals surface area contributed by atoms with Gasteiger partial charge in [-0.1, -0.05) is 6.92 Å². The van der Waals surface area contributed by atoms with Gasteiger partial charge in [0.1, 0.15) is 12.0 Å². The lowest BCUT2D eigenvalue weighted by molar-refractivity contribution is -0.385. The first-order valence-electron chi connectivity index (χ1n) is 6.78. The summed E-state index contributed by atoms with van der Waals surface area (Å²) in [6.07, 6.45) is 2.50. The fourth-order valence-corrected chi connectivity index (χ4v) is 2.93. The third-order valence-corrected chi connectivity index (χ3v) is 4.78. The van der Waals surface area contributed by atoms with Gasteiger partial charge in [-0.25, -0.2) is 4.98 Å². The van der Waals surface area contributed by atoms with Gasteiger partial charge in [-0.2, -0.15) is 0 Å². The molecule has 0 aliphatic carbocycles. The fraction of sp³-hybridized carbons (Fsp3) is 0.615. The Morgan fingerprint density at radius 2 is 2.40 bits per heavy atom. The van der Waals surface area contributed by atoms with Crippen LogP contribution in [0, 0.1) is 23.0 Å². The average Bonchev–Trinajstić information content (AvgIpc) is 2.88. The third kappa shape index (κ3) is 3.27. The lowest BCUT2D eigenvalue weighted by Crippen LogP contribution is -2.22. The molecule has 0 spiro atoms. The zero-order chi connectivity index (χ0) is 14.7. The SMILES string of the molecule is CCN1CCC(CNc2ncc([N+](=O)[O-])c(C)c2Br)C1. The van der Waals surface area contributed by atoms with E-state index < -0.39 is 4.92 Å². The second-order valence-electron chi connectivity index (χ2n) is 5.12. The molecular weight excluding hydrogens is 324 g/mol. The second kappa shape index (κ2) is 6.49. The fourth-order valence-electron chi connectivity index (χ4n) is 2.48. The van der Waals surface area contributed by atoms with Crippen molar-refractivity contribution in [3.8, 4) is 0 Å². The predicted octanol–water partition coefficient (Wildman–Crippen LogP) is 2.81. The van der Waals surface area contributed by atoms with E-state index in [9.17, 15) is 10.1 Å². The summed E-state index contributed by atoms with van der Waals surface area (Å²) < 4.78 is 0.678. The molecule has 2 heterocycles. The quantitative estimate of drug-likeness (QED) is 0.658. The molecule has 110 valence electrons. The minimum absolute atomic E-state index is 0.0421. The Hall–Kier alpha value is -1.21. The van der Waals surface area contributed by atoms with Crippen molar-refractivity contribution < 1.29 is 4.92 Å². The molecule has 0 aromatic carbocycles. The van der Waals surface area contributed by atoms with Crippen LogP contribution in [-0.4, -0.2) is 41.0 Å². The number of nitro groups is 1. The zero-order valence-electron chi connectivity index (χ0n) is 11.7. The first kappa shape index (κ1) is 15.2. The first-order chi connectivity index (χ1) is 9.52. The largest absolute Gasteiger partial charge is 0.369 e. The van der Waals surface area contributed by atoms with E-state index in [1.807, 2.05) is 0 Å². The average molecular weight is 343 g/mol. The Morgan fingerprint density at radius 3 is 3.00 bits per heavy atom. The summed E-state index contributed by atoms with van der Waals surface area (Å²) >= 11 is 3.39. The first-order valence-corrected chi connectivity index (χ1v) is 7.58. The second-order valence-corrected chi connectivity index (χ2v) is 5.91. The number of hydrogen-bond acceptors (Lipinski definition) is 5. The summed E-state index contributed by atoms with van der Waals surface area (Å²) in [6.45, 7) is 8.09. The molecule has 0 radical (unpaired) electrons. The van der Waals surface area contributed by atoms with Crippen molar-refractivity contribution in [3.05, 3.63) is 26.3 Å². The molecule has 1 unspecified atom stereocenters. The number of halogens is 1. The number of nitrogens with zero attached hydrogens (tertiary/aromatic N) is 3. The molecule has 2 rings (SSSR count). The Labute approximate surface area is 126 Å². The summed E-state index contributed by atoms with van der Waals surface area (Å²) in [5.74, 6) is 1.29. The highest BCUT2D eigenvalue weighted by Gasteiger charge is 2.22. The van der Waals surface area contributed by atoms with E-state index >= 15 is 0 Å². The van der Waals surface area contributed by atoms with Crippen LogP contribution in [-0.2, 0) is 0 Å². The standard InChI is InChI=1S/C13H19BrN4O2/c1-3-17-5-4-10(8-17)6-15-13-12(14)9(2)11(7-16-13)18(19)20/h7,10H,3-6,8H2,1-2H3,(H,15,16). The number of nitrogens with one attached hydrogen (secondary N) is 1. The Balaban J connectivity index is 2.00. The molecule has 0 bridgehead atoms. The lowest BCUT2D eigenvalue weighted by Gasteiger charge is -2.15. The number of likely N-dealkylation sites (tertiary alicyclic amines) is 1. The topological polar surface area (TPSA) is 71.3 Å². The Kier molecular flexibility index (Phi) is 4.93. The number of aromatic nitrogens is 1. The van der Waals surface area contributed by atoms with Crippen LogP contribution in [0.25, 0.3) is 0 Å². The van der Waals surface area contributed by atoms with E-state index in [1.165, 1.54) is 12.6 Å². The van der Waals surface area contributed by atoms with E-state index in [0.717, 1.165) is 26.2 Å². The highest BCUT2D eigenvalue weighted by atomic mass is 79.9. The third-order valence-electron chi connectivity index (χ3n) is 3.81. The van der Waals surface area contributed by atoms with E-state index in [-0.39, 0.29) is 5.69 Å². The van der Waals surface area contributed by atoms with Crippen molar-refractivity contribution in [2.75, 3.05) is 31.5 Å². The van der Waals surface area contributed by atoms with Gasteiger partial charge >= 0.3 is 0 Å². The molecule has 1 fully saturated rings. The van der Waals surface area contributed by atoms with Crippen LogP contribution < -0.4 is 5.32 Å². The van der Waals surface area contributed by atoms with Crippen molar-refractivity contribution in [1.82, 2.24) is 9.88 Å². The van der Waals surface area contributed by atoms with Crippen LogP contribution in [0.5, 0.6) is 0 Å².